The van der Waals surface area contributed by atoms with Gasteiger partial charge in [0.1, 0.15) is 11.2 Å². The molecule has 0 rings (SSSR count). The molecule has 0 radical (unpaired) electrons. The summed E-state index contributed by atoms with van der Waals surface area (Å²) in [6, 6.07) is 0. The molecule has 0 saturated heterocycles. The fraction of sp³-hybridized carbons (Fsp3) is 0.857. The fourth-order valence-corrected chi connectivity index (χ4v) is 1.13. The van der Waals surface area contributed by atoms with Crippen LogP contribution in [0.25, 0.3) is 0 Å². The number of methoxy groups -OCH3 is 1. The molecule has 0 saturated carbocycles. The van der Waals surface area contributed by atoms with E-state index in [-0.39, 0.29) is 0 Å². The van der Waals surface area contributed by atoms with Crippen molar-refractivity contribution in [3.8, 4) is 11.8 Å². The molecule has 0 aliphatic rings. The molecule has 2 heteroatoms. The molecule has 94 valence electrons. The highest BCUT2D eigenvalue weighted by Gasteiger charge is 2.22. The molecule has 2 nitrogen and oxygen atoms in total. The van der Waals surface area contributed by atoms with Crippen molar-refractivity contribution in [2.45, 2.75) is 65.1 Å². The van der Waals surface area contributed by atoms with Crippen LogP contribution in [0.5, 0.6) is 0 Å². The highest BCUT2D eigenvalue weighted by Crippen LogP contribution is 2.20. The lowest BCUT2D eigenvalue weighted by molar-refractivity contribution is 0.0439. The van der Waals surface area contributed by atoms with Crippen molar-refractivity contribution >= 4 is 0 Å². The van der Waals surface area contributed by atoms with Gasteiger partial charge in [-0.25, -0.2) is 0 Å². The van der Waals surface area contributed by atoms with Gasteiger partial charge in [0.05, 0.1) is 0 Å². The van der Waals surface area contributed by atoms with Crippen LogP contribution in [-0.2, 0) is 4.74 Å². The topological polar surface area (TPSA) is 29.5 Å². The first-order valence-electron chi connectivity index (χ1n) is 6.06. The van der Waals surface area contributed by atoms with Gasteiger partial charge in [0.15, 0.2) is 0 Å². The van der Waals surface area contributed by atoms with Gasteiger partial charge in [-0.05, 0) is 39.0 Å². The zero-order chi connectivity index (χ0) is 12.8. The van der Waals surface area contributed by atoms with E-state index in [2.05, 4.69) is 25.7 Å². The van der Waals surface area contributed by atoms with Gasteiger partial charge in [-0.2, -0.15) is 0 Å². The Labute approximate surface area is 100 Å². The van der Waals surface area contributed by atoms with E-state index in [1.54, 1.807) is 14.0 Å². The maximum absolute atomic E-state index is 9.83. The molecule has 2 unspecified atom stereocenters. The zero-order valence-corrected chi connectivity index (χ0v) is 11.6. The summed E-state index contributed by atoms with van der Waals surface area (Å²) in [5.74, 6) is 6.62. The van der Waals surface area contributed by atoms with Crippen molar-refractivity contribution in [2.75, 3.05) is 7.11 Å². The third kappa shape index (κ3) is 6.15. The lowest BCUT2D eigenvalue weighted by atomic mass is 9.94. The van der Waals surface area contributed by atoms with Crippen LogP contribution in [0, 0.1) is 17.8 Å². The van der Waals surface area contributed by atoms with Crippen LogP contribution < -0.4 is 0 Å². The summed E-state index contributed by atoms with van der Waals surface area (Å²) < 4.78 is 5.44. The molecular weight excluding hydrogens is 200 g/mol. The molecule has 0 heterocycles. The summed E-state index contributed by atoms with van der Waals surface area (Å²) in [5, 5.41) is 9.83. The summed E-state index contributed by atoms with van der Waals surface area (Å²) in [4.78, 5) is 0. The summed E-state index contributed by atoms with van der Waals surface area (Å²) in [5.41, 5.74) is -1.35. The van der Waals surface area contributed by atoms with Crippen molar-refractivity contribution < 1.29 is 9.84 Å². The summed E-state index contributed by atoms with van der Waals surface area (Å²) in [6.07, 6.45) is 2.60. The van der Waals surface area contributed by atoms with Crippen molar-refractivity contribution in [1.29, 1.82) is 0 Å². The lowest BCUT2D eigenvalue weighted by Crippen LogP contribution is -2.28. The first-order valence-corrected chi connectivity index (χ1v) is 6.06. The molecule has 0 amide bonds. The van der Waals surface area contributed by atoms with E-state index in [9.17, 15) is 5.11 Å². The van der Waals surface area contributed by atoms with Gasteiger partial charge in [-0.15, -0.1) is 0 Å². The van der Waals surface area contributed by atoms with Crippen LogP contribution in [0.3, 0.4) is 0 Å². The van der Waals surface area contributed by atoms with Crippen molar-refractivity contribution in [3.63, 3.8) is 0 Å². The minimum Gasteiger partial charge on any atom is -0.378 e. The van der Waals surface area contributed by atoms with E-state index in [0.29, 0.717) is 12.3 Å². The Kier molecular flexibility index (Phi) is 6.07. The summed E-state index contributed by atoms with van der Waals surface area (Å²) >= 11 is 0. The molecule has 2 atom stereocenters. The van der Waals surface area contributed by atoms with Crippen molar-refractivity contribution in [3.05, 3.63) is 0 Å². The number of hydrogen-bond donors (Lipinski definition) is 1. The molecule has 16 heavy (non-hydrogen) atoms. The Hall–Kier alpha value is -0.520. The molecule has 0 aromatic carbocycles. The molecule has 1 N–H and O–H groups in total. The van der Waals surface area contributed by atoms with E-state index < -0.39 is 11.2 Å². The van der Waals surface area contributed by atoms with Gasteiger partial charge < -0.3 is 9.84 Å². The molecule has 0 aromatic heterocycles. The minimum absolute atomic E-state index is 0.441. The first kappa shape index (κ1) is 15.5. The fourth-order valence-electron chi connectivity index (χ4n) is 1.13. The number of ether oxygens (including phenoxy) is 1. The quantitative estimate of drug-likeness (QED) is 0.730. The third-order valence-corrected chi connectivity index (χ3v) is 2.93. The molecule has 0 aliphatic heterocycles. The van der Waals surface area contributed by atoms with Crippen LogP contribution in [-0.4, -0.2) is 23.4 Å². The average Bonchev–Trinajstić information content (AvgIpc) is 2.24. The van der Waals surface area contributed by atoms with E-state index >= 15 is 0 Å². The van der Waals surface area contributed by atoms with Crippen molar-refractivity contribution in [2.24, 2.45) is 5.92 Å². The Morgan fingerprint density at radius 1 is 1.25 bits per heavy atom. The second-order valence-electron chi connectivity index (χ2n) is 5.24. The zero-order valence-electron chi connectivity index (χ0n) is 11.6. The van der Waals surface area contributed by atoms with Gasteiger partial charge in [-0.3, -0.25) is 0 Å². The standard InChI is InChI=1S/C14H26O2/c1-7-13(4,15)10-11-14(5,16-6)9-8-12(2)3/h12,15H,7-9H2,1-6H3. The van der Waals surface area contributed by atoms with E-state index in [4.69, 9.17) is 4.74 Å². The van der Waals surface area contributed by atoms with E-state index in [1.807, 2.05) is 13.8 Å². The molecule has 0 spiro atoms. The Balaban J connectivity index is 4.58. The molecule has 0 bridgehead atoms. The smallest absolute Gasteiger partial charge is 0.125 e. The number of rotatable bonds is 5. The third-order valence-electron chi connectivity index (χ3n) is 2.93. The molecule has 0 aromatic rings. The monoisotopic (exact) mass is 226 g/mol. The first-order chi connectivity index (χ1) is 7.24. The minimum atomic E-state index is -0.905. The second kappa shape index (κ2) is 6.27. The predicted molar refractivity (Wildman–Crippen MR) is 68.2 cm³/mol. The second-order valence-corrected chi connectivity index (χ2v) is 5.24. The van der Waals surface area contributed by atoms with Gasteiger partial charge in [0, 0.05) is 7.11 Å². The maximum Gasteiger partial charge on any atom is 0.125 e. The average molecular weight is 226 g/mol. The maximum atomic E-state index is 9.83. The van der Waals surface area contributed by atoms with Crippen LogP contribution >= 0.6 is 0 Å². The molecule has 0 fully saturated rings. The van der Waals surface area contributed by atoms with Crippen LogP contribution in [0.1, 0.15) is 53.9 Å². The lowest BCUT2D eigenvalue weighted by Gasteiger charge is -2.24. The Bertz CT molecular complexity index is 258. The van der Waals surface area contributed by atoms with E-state index in [1.165, 1.54) is 0 Å². The normalized spacial score (nSPS) is 18.5. The summed E-state index contributed by atoms with van der Waals surface area (Å²) in [6.45, 7) is 10.0. The van der Waals surface area contributed by atoms with Crippen LogP contribution in [0.2, 0.25) is 0 Å². The van der Waals surface area contributed by atoms with Gasteiger partial charge >= 0.3 is 0 Å². The highest BCUT2D eigenvalue weighted by atomic mass is 16.5. The molecular formula is C14H26O2. The predicted octanol–water partition coefficient (Wildman–Crippen LogP) is 2.99. The SMILES string of the molecule is CCC(C)(O)C#CC(C)(CCC(C)C)OC. The van der Waals surface area contributed by atoms with Gasteiger partial charge in [0.25, 0.3) is 0 Å². The highest BCUT2D eigenvalue weighted by molar-refractivity contribution is 5.19. The largest absolute Gasteiger partial charge is 0.378 e. The Morgan fingerprint density at radius 3 is 2.19 bits per heavy atom. The van der Waals surface area contributed by atoms with Crippen LogP contribution in [0.15, 0.2) is 0 Å². The van der Waals surface area contributed by atoms with Gasteiger partial charge in [0.2, 0.25) is 0 Å². The number of aliphatic hydroxyl groups is 1. The van der Waals surface area contributed by atoms with Crippen LogP contribution in [0.4, 0.5) is 0 Å². The van der Waals surface area contributed by atoms with E-state index in [0.717, 1.165) is 12.8 Å². The summed E-state index contributed by atoms with van der Waals surface area (Å²) in [7, 11) is 1.68. The number of hydrogen-bond acceptors (Lipinski definition) is 2. The van der Waals surface area contributed by atoms with Crippen molar-refractivity contribution in [1.82, 2.24) is 0 Å². The Morgan fingerprint density at radius 2 is 1.81 bits per heavy atom. The molecule has 0 aliphatic carbocycles. The van der Waals surface area contributed by atoms with Gasteiger partial charge in [-0.1, -0.05) is 32.6 Å².